The Morgan fingerprint density at radius 2 is 0.765 bits per heavy atom. The summed E-state index contributed by atoms with van der Waals surface area (Å²) in [6.07, 6.45) is 0. The van der Waals surface area contributed by atoms with E-state index in [4.69, 9.17) is 0 Å². The van der Waals surface area contributed by atoms with Gasteiger partial charge in [-0.25, -0.2) is 0 Å². The summed E-state index contributed by atoms with van der Waals surface area (Å²) in [5.41, 5.74) is 26.0. The molecule has 0 spiro atoms. The highest BCUT2D eigenvalue weighted by Gasteiger charge is 2.48. The molecule has 0 radical (unpaired) electrons. The molecule has 11 aromatic rings. The maximum absolute atomic E-state index is 2.63. The summed E-state index contributed by atoms with van der Waals surface area (Å²) in [6, 6.07) is 84.4. The highest BCUT2D eigenvalue weighted by atomic mass is 15.1. The number of fused-ring (bicyclic) bond motifs is 8. The Morgan fingerprint density at radius 3 is 1.29 bits per heavy atom. The number of hydrogen-bond acceptors (Lipinski definition) is 1. The quantitative estimate of drug-likeness (QED) is 0.154. The summed E-state index contributed by atoms with van der Waals surface area (Å²) in [5.74, 6) is 0. The molecule has 0 bridgehead atoms. The standard InChI is InChI=1S/C67H49N/c1-42-32-35-51(44(3)38-42)63-53-28-17-18-29-54(53)64(52-36-33-43(2)39-45(52)4)66-58-41-60-62(56-30-19-31-57(61(56)58)65(63)66)55-37-34-50(68(48-24-13-7-14-25-48)49-26-15-8-16-27-49)40-59(55)67(60,46-20-9-5-10-21-46)47-22-11-6-12-23-47/h5-41H,1-4H3. The van der Waals surface area contributed by atoms with Gasteiger partial charge in [0, 0.05) is 17.1 Å². The predicted octanol–water partition coefficient (Wildman–Crippen LogP) is 18.0. The van der Waals surface area contributed by atoms with Gasteiger partial charge in [-0.2, -0.15) is 0 Å². The van der Waals surface area contributed by atoms with Gasteiger partial charge in [-0.1, -0.05) is 193 Å². The molecule has 0 amide bonds. The number of hydrogen-bond donors (Lipinski definition) is 0. The molecule has 0 unspecified atom stereocenters. The third kappa shape index (κ3) is 5.75. The minimum absolute atomic E-state index is 0.654. The molecule has 2 aliphatic rings. The number of anilines is 3. The monoisotopic (exact) mass is 867 g/mol. The normalized spacial score (nSPS) is 12.8. The lowest BCUT2D eigenvalue weighted by molar-refractivity contribution is 0.769. The first-order chi connectivity index (χ1) is 33.4. The molecule has 0 saturated heterocycles. The minimum atomic E-state index is -0.654. The van der Waals surface area contributed by atoms with E-state index in [1.807, 2.05) is 0 Å². The van der Waals surface area contributed by atoms with Crippen molar-refractivity contribution in [2.45, 2.75) is 33.1 Å². The molecule has 0 saturated carbocycles. The van der Waals surface area contributed by atoms with E-state index >= 15 is 0 Å². The number of benzene rings is 11. The fraction of sp³-hybridized carbons (Fsp3) is 0.0746. The Kier molecular flexibility index (Phi) is 9.07. The highest BCUT2D eigenvalue weighted by Crippen LogP contribution is 2.65. The van der Waals surface area contributed by atoms with Crippen LogP contribution in [0.1, 0.15) is 44.5 Å². The molecule has 68 heavy (non-hydrogen) atoms. The molecular weight excluding hydrogens is 819 g/mol. The fourth-order valence-electron chi connectivity index (χ4n) is 12.3. The molecule has 2 aliphatic carbocycles. The maximum Gasteiger partial charge on any atom is 0.0714 e. The average Bonchev–Trinajstić information content (AvgIpc) is 3.86. The van der Waals surface area contributed by atoms with Crippen LogP contribution in [0.2, 0.25) is 0 Å². The molecule has 1 nitrogen and oxygen atoms in total. The van der Waals surface area contributed by atoms with E-state index in [1.165, 1.54) is 122 Å². The second-order valence-corrected chi connectivity index (χ2v) is 19.0. The van der Waals surface area contributed by atoms with Crippen LogP contribution in [-0.4, -0.2) is 0 Å². The Hall–Kier alpha value is -8.26. The van der Waals surface area contributed by atoms with Crippen molar-refractivity contribution in [1.29, 1.82) is 0 Å². The van der Waals surface area contributed by atoms with Crippen LogP contribution in [0.5, 0.6) is 0 Å². The first-order valence-corrected chi connectivity index (χ1v) is 23.9. The van der Waals surface area contributed by atoms with Crippen LogP contribution in [0.25, 0.3) is 77.2 Å². The zero-order valence-corrected chi connectivity index (χ0v) is 38.8. The Balaban J connectivity index is 1.20. The van der Waals surface area contributed by atoms with E-state index in [2.05, 4.69) is 257 Å². The van der Waals surface area contributed by atoms with Crippen LogP contribution in [0.4, 0.5) is 17.1 Å². The van der Waals surface area contributed by atoms with Crippen molar-refractivity contribution >= 4 is 38.6 Å². The van der Waals surface area contributed by atoms with E-state index in [9.17, 15) is 0 Å². The van der Waals surface area contributed by atoms with Crippen molar-refractivity contribution in [3.05, 3.63) is 269 Å². The molecule has 11 aromatic carbocycles. The van der Waals surface area contributed by atoms with Crippen LogP contribution in [0.15, 0.2) is 224 Å². The second kappa shape index (κ2) is 15.4. The third-order valence-corrected chi connectivity index (χ3v) is 15.0. The van der Waals surface area contributed by atoms with Gasteiger partial charge in [-0.05, 0) is 181 Å². The molecule has 322 valence electrons. The van der Waals surface area contributed by atoms with Crippen LogP contribution in [0, 0.1) is 27.7 Å². The van der Waals surface area contributed by atoms with E-state index in [1.54, 1.807) is 0 Å². The van der Waals surface area contributed by atoms with Gasteiger partial charge in [0.05, 0.1) is 5.41 Å². The van der Waals surface area contributed by atoms with Crippen molar-refractivity contribution in [2.24, 2.45) is 0 Å². The Labute approximate surface area is 399 Å². The van der Waals surface area contributed by atoms with Crippen molar-refractivity contribution < 1.29 is 0 Å². The smallest absolute Gasteiger partial charge is 0.0714 e. The van der Waals surface area contributed by atoms with Crippen LogP contribution in [-0.2, 0) is 5.41 Å². The number of aryl methyl sites for hydroxylation is 4. The maximum atomic E-state index is 2.63. The summed E-state index contributed by atoms with van der Waals surface area (Å²) in [6.45, 7) is 8.99. The minimum Gasteiger partial charge on any atom is -0.310 e. The van der Waals surface area contributed by atoms with Gasteiger partial charge < -0.3 is 4.90 Å². The number of nitrogens with zero attached hydrogens (tertiary/aromatic N) is 1. The Morgan fingerprint density at radius 1 is 0.294 bits per heavy atom. The molecule has 0 N–H and O–H groups in total. The van der Waals surface area contributed by atoms with Gasteiger partial charge in [0.15, 0.2) is 0 Å². The average molecular weight is 868 g/mol. The third-order valence-electron chi connectivity index (χ3n) is 15.0. The zero-order valence-electron chi connectivity index (χ0n) is 38.8. The van der Waals surface area contributed by atoms with E-state index in [-0.39, 0.29) is 0 Å². The van der Waals surface area contributed by atoms with Crippen molar-refractivity contribution in [2.75, 3.05) is 4.90 Å². The number of para-hydroxylation sites is 2. The topological polar surface area (TPSA) is 3.24 Å². The van der Waals surface area contributed by atoms with Gasteiger partial charge in [-0.3, -0.25) is 0 Å². The Bertz CT molecular complexity index is 3730. The second-order valence-electron chi connectivity index (χ2n) is 19.0. The van der Waals surface area contributed by atoms with Gasteiger partial charge in [-0.15, -0.1) is 0 Å². The van der Waals surface area contributed by atoms with Crippen LogP contribution in [0.3, 0.4) is 0 Å². The summed E-state index contributed by atoms with van der Waals surface area (Å²) in [4.78, 5) is 2.40. The highest BCUT2D eigenvalue weighted by molar-refractivity contribution is 6.30. The van der Waals surface area contributed by atoms with Gasteiger partial charge in [0.1, 0.15) is 0 Å². The zero-order chi connectivity index (χ0) is 45.7. The van der Waals surface area contributed by atoms with Gasteiger partial charge in [0.25, 0.3) is 0 Å². The molecule has 0 aliphatic heterocycles. The van der Waals surface area contributed by atoms with E-state index in [0.717, 1.165) is 17.1 Å². The molecule has 0 fully saturated rings. The van der Waals surface area contributed by atoms with Crippen molar-refractivity contribution in [1.82, 2.24) is 0 Å². The SMILES string of the molecule is Cc1ccc(-c2c3c(c(-c4ccc(C)cc4C)c4ccccc24)-c2cc4c(c5cccc-3c25)-c2ccc(N(c3ccccc3)c3ccccc3)cc2C4(c2ccccc2)c2ccccc2)c(C)c1. The molecule has 13 rings (SSSR count). The van der Waals surface area contributed by atoms with Gasteiger partial charge in [0.2, 0.25) is 0 Å². The van der Waals surface area contributed by atoms with Gasteiger partial charge >= 0.3 is 0 Å². The summed E-state index contributed by atoms with van der Waals surface area (Å²) < 4.78 is 0. The summed E-state index contributed by atoms with van der Waals surface area (Å²) in [5, 5.41) is 5.18. The van der Waals surface area contributed by atoms with Crippen molar-refractivity contribution in [3.63, 3.8) is 0 Å². The first-order valence-electron chi connectivity index (χ1n) is 23.9. The predicted molar refractivity (Wildman–Crippen MR) is 288 cm³/mol. The summed E-state index contributed by atoms with van der Waals surface area (Å²) >= 11 is 0. The fourth-order valence-corrected chi connectivity index (χ4v) is 12.3. The van der Waals surface area contributed by atoms with E-state index in [0.29, 0.717) is 0 Å². The van der Waals surface area contributed by atoms with Crippen molar-refractivity contribution in [3.8, 4) is 55.6 Å². The lowest BCUT2D eigenvalue weighted by Gasteiger charge is -2.35. The molecule has 0 aromatic heterocycles. The first kappa shape index (κ1) is 40.1. The molecule has 0 atom stereocenters. The lowest BCUT2D eigenvalue weighted by atomic mass is 9.67. The summed E-state index contributed by atoms with van der Waals surface area (Å²) in [7, 11) is 0. The molecule has 1 heteroatoms. The number of rotatable bonds is 7. The molecular formula is C67H49N. The van der Waals surface area contributed by atoms with Crippen LogP contribution < -0.4 is 4.90 Å². The largest absolute Gasteiger partial charge is 0.310 e. The van der Waals surface area contributed by atoms with E-state index < -0.39 is 5.41 Å². The molecule has 0 heterocycles. The van der Waals surface area contributed by atoms with Crippen LogP contribution >= 0.6 is 0 Å². The lowest BCUT2D eigenvalue weighted by Crippen LogP contribution is -2.29.